The van der Waals surface area contributed by atoms with Gasteiger partial charge in [0.1, 0.15) is 0 Å². The molecule has 0 N–H and O–H groups in total. The molecule has 0 spiro atoms. The predicted molar refractivity (Wildman–Crippen MR) is 574 cm³/mol. The van der Waals surface area contributed by atoms with Gasteiger partial charge < -0.3 is 0 Å². The molecule has 0 heteroatoms. The maximum atomic E-state index is 2.60. The summed E-state index contributed by atoms with van der Waals surface area (Å²) in [4.78, 5) is 0. The van der Waals surface area contributed by atoms with Gasteiger partial charge in [-0.3, -0.25) is 0 Å². The normalized spacial score (nSPS) is 12.5. The molecule has 22 aromatic carbocycles. The van der Waals surface area contributed by atoms with Gasteiger partial charge in [-0.2, -0.15) is 0 Å². The van der Waals surface area contributed by atoms with E-state index in [1.54, 1.807) is 0 Å². The summed E-state index contributed by atoms with van der Waals surface area (Å²) in [5, 5.41) is 0. The minimum atomic E-state index is -1.08. The highest BCUT2D eigenvalue weighted by Crippen LogP contribution is 2.64. The predicted octanol–water partition coefficient (Wildman–Crippen LogP) is 36.7. The van der Waals surface area contributed by atoms with Crippen molar-refractivity contribution in [3.05, 3.63) is 567 Å². The van der Waals surface area contributed by atoms with E-state index in [9.17, 15) is 0 Å². The lowest BCUT2D eigenvalue weighted by Gasteiger charge is -2.36. The van der Waals surface area contributed by atoms with Crippen LogP contribution in [0.1, 0.15) is 47.2 Å². The molecule has 0 aliphatic heterocycles. The molecule has 0 atom stereocenters. The molecule has 0 bridgehead atoms. The van der Waals surface area contributed by atoms with Crippen LogP contribution in [0, 0.1) is 0 Å². The molecule has 0 saturated heterocycles. The van der Waals surface area contributed by atoms with Gasteiger partial charge in [0.15, 0.2) is 0 Å². The second-order valence-electron chi connectivity index (χ2n) is 37.0. The van der Waals surface area contributed by atoms with Crippen molar-refractivity contribution < 1.29 is 0 Å². The number of fused-ring (bicyclic) bond motifs is 7. The maximum Gasteiger partial charge on any atom is 0.0714 e. The molecule has 0 radical (unpaired) electrons. The Morgan fingerprint density at radius 2 is 0.287 bits per heavy atom. The molecule has 0 saturated carbocycles. The average molecular weight is 1730 g/mol. The minimum absolute atomic E-state index is 0.321. The van der Waals surface area contributed by atoms with E-state index in [1.807, 2.05) is 0 Å². The van der Waals surface area contributed by atoms with Crippen molar-refractivity contribution in [2.45, 2.75) is 24.7 Å². The van der Waals surface area contributed by atoms with E-state index >= 15 is 0 Å². The van der Waals surface area contributed by atoms with Crippen molar-refractivity contribution in [1.29, 1.82) is 0 Å². The van der Waals surface area contributed by atoms with E-state index in [2.05, 4.69) is 548 Å². The molecule has 136 heavy (non-hydrogen) atoms. The van der Waals surface area contributed by atoms with Gasteiger partial charge in [-0.1, -0.05) is 408 Å². The lowest BCUT2D eigenvalue weighted by atomic mass is 9.65. The molecule has 2 aliphatic rings. The molecular weight excluding hydrogens is 1630 g/mol. The molecular formula is C136H94. The molecule has 0 nitrogen and oxygen atoms in total. The zero-order chi connectivity index (χ0) is 90.6. The summed E-state index contributed by atoms with van der Waals surface area (Å²) in [6, 6.07) is 201. The molecule has 22 aromatic rings. The van der Waals surface area contributed by atoms with E-state index in [4.69, 9.17) is 0 Å². The van der Waals surface area contributed by atoms with Crippen LogP contribution in [0.5, 0.6) is 0 Å². The highest BCUT2D eigenvalue weighted by Gasteiger charge is 2.51. The minimum Gasteiger partial charge on any atom is -0.0622 e. The Morgan fingerprint density at radius 1 is 0.110 bits per heavy atom. The molecule has 0 amide bonds. The number of hydrogen-bond acceptors (Lipinski definition) is 0. The van der Waals surface area contributed by atoms with Gasteiger partial charge in [0, 0.05) is 5.41 Å². The summed E-state index contributed by atoms with van der Waals surface area (Å²) in [7, 11) is 0. The Bertz CT molecular complexity index is 7280. The smallest absolute Gasteiger partial charge is 0.0622 e. The quantitative estimate of drug-likeness (QED) is 0.0757. The average Bonchev–Trinajstić information content (AvgIpc) is 1.50. The lowest BCUT2D eigenvalue weighted by Crippen LogP contribution is -2.29. The van der Waals surface area contributed by atoms with Gasteiger partial charge in [-0.25, -0.2) is 0 Å². The second-order valence-corrected chi connectivity index (χ2v) is 37.0. The fourth-order valence-corrected chi connectivity index (χ4v) is 21.6. The molecule has 0 aromatic heterocycles. The Labute approximate surface area is 797 Å². The number of hydrogen-bond donors (Lipinski definition) is 0. The Kier molecular flexibility index (Phi) is 21.0. The van der Waals surface area contributed by atoms with Crippen LogP contribution in [0.25, 0.3) is 211 Å². The van der Waals surface area contributed by atoms with Crippen LogP contribution in [0.3, 0.4) is 0 Å². The first-order valence-electron chi connectivity index (χ1n) is 47.3. The molecule has 24 rings (SSSR count). The van der Waals surface area contributed by atoms with Gasteiger partial charge in [0.2, 0.25) is 0 Å². The standard InChI is InChI=1S/C136H94/c1-135(2)129-63-31-30-62-127(129)133-130(135)66-67-131-134(133)128-65-64-108(91-36-12-3-13-37-91)90-132(128)136(131,125-86-121(104-58-32-54-100(68-104)117-76-109(92-38-14-4-15-39-92)72-110(77-117)93-40-16-5-17-41-93)84-122(87-125)105-59-33-55-101(69-105)118-78-111(94-42-18-6-19-43-94)73-112(79-118)95-44-20-7-21-45-95)126-88-123(106-60-34-56-102(70-106)119-80-113(96-46-22-8-23-47-96)74-114(81-119)97-48-24-9-25-49-97)85-124(89-126)107-61-35-57-103(71-107)120-82-115(98-50-26-10-27-51-98)75-116(83-120)99-52-28-11-29-53-99/h3-90H,1-2H3. The van der Waals surface area contributed by atoms with E-state index in [1.165, 1.54) is 89.0 Å². The first-order chi connectivity index (χ1) is 67.1. The summed E-state index contributed by atoms with van der Waals surface area (Å²) >= 11 is 0. The Balaban J connectivity index is 0.809. The van der Waals surface area contributed by atoms with Crippen molar-refractivity contribution in [1.82, 2.24) is 0 Å². The van der Waals surface area contributed by atoms with Crippen LogP contribution in [-0.2, 0) is 10.8 Å². The highest BCUT2D eigenvalue weighted by atomic mass is 14.5. The highest BCUT2D eigenvalue weighted by molar-refractivity contribution is 6.03. The topological polar surface area (TPSA) is 0 Å². The van der Waals surface area contributed by atoms with E-state index in [-0.39, 0.29) is 5.41 Å². The largest absolute Gasteiger partial charge is 0.0714 e. The van der Waals surface area contributed by atoms with Gasteiger partial charge >= 0.3 is 0 Å². The van der Waals surface area contributed by atoms with Crippen LogP contribution in [0.4, 0.5) is 0 Å². The van der Waals surface area contributed by atoms with Gasteiger partial charge in [-0.15, -0.1) is 0 Å². The summed E-state index contributed by atoms with van der Waals surface area (Å²) in [5.74, 6) is 0. The second kappa shape index (κ2) is 34.9. The lowest BCUT2D eigenvalue weighted by molar-refractivity contribution is 0.659. The van der Waals surface area contributed by atoms with Gasteiger partial charge in [0.25, 0.3) is 0 Å². The molecule has 638 valence electrons. The third-order valence-electron chi connectivity index (χ3n) is 28.4. The van der Waals surface area contributed by atoms with Crippen molar-refractivity contribution in [3.8, 4) is 211 Å². The first kappa shape index (κ1) is 82.0. The van der Waals surface area contributed by atoms with Gasteiger partial charge in [0.05, 0.1) is 5.41 Å². The van der Waals surface area contributed by atoms with Crippen LogP contribution in [0.2, 0.25) is 0 Å². The van der Waals surface area contributed by atoms with E-state index in [0.717, 1.165) is 156 Å². The molecule has 2 aliphatic carbocycles. The Hall–Kier alpha value is -17.2. The van der Waals surface area contributed by atoms with Crippen molar-refractivity contribution in [2.75, 3.05) is 0 Å². The van der Waals surface area contributed by atoms with Crippen LogP contribution in [0.15, 0.2) is 534 Å². The van der Waals surface area contributed by atoms with Crippen LogP contribution >= 0.6 is 0 Å². The summed E-state index contributed by atoms with van der Waals surface area (Å²) in [6.45, 7) is 4.87. The van der Waals surface area contributed by atoms with Crippen molar-refractivity contribution in [2.24, 2.45) is 0 Å². The van der Waals surface area contributed by atoms with Gasteiger partial charge in [-0.05, 0) is 384 Å². The first-order valence-corrected chi connectivity index (χ1v) is 47.3. The SMILES string of the molecule is CC1(C)c2ccccc2-c2c1ccc1c2-c2ccc(-c3ccccc3)cc2C1(c1cc(-c2cccc(-c3cc(-c4ccccc4)cc(-c4ccccc4)c3)c2)cc(-c2cccc(-c3cc(-c4ccccc4)cc(-c4ccccc4)c3)c2)c1)c1cc(-c2cccc(-c3cc(-c4ccccc4)cc(-c4ccccc4)c3)c2)cc(-c2cccc(-c3cc(-c4ccccc4)cc(-c4ccccc4)c3)c2)c1. The Morgan fingerprint density at radius 3 is 0.544 bits per heavy atom. The zero-order valence-electron chi connectivity index (χ0n) is 75.8. The zero-order valence-corrected chi connectivity index (χ0v) is 75.8. The third-order valence-corrected chi connectivity index (χ3v) is 28.4. The summed E-state index contributed by atoms with van der Waals surface area (Å²) in [6.07, 6.45) is 0. The third kappa shape index (κ3) is 15.3. The molecule has 0 fully saturated rings. The van der Waals surface area contributed by atoms with E-state index in [0.29, 0.717) is 0 Å². The summed E-state index contributed by atoms with van der Waals surface area (Å²) < 4.78 is 0. The summed E-state index contributed by atoms with van der Waals surface area (Å²) in [5.41, 5.74) is 49.8. The van der Waals surface area contributed by atoms with Crippen molar-refractivity contribution in [3.63, 3.8) is 0 Å². The maximum absolute atomic E-state index is 2.60. The fraction of sp³-hybridized carbons (Fsp3) is 0.0294. The van der Waals surface area contributed by atoms with Crippen LogP contribution in [-0.4, -0.2) is 0 Å². The van der Waals surface area contributed by atoms with Crippen LogP contribution < -0.4 is 0 Å². The molecule has 0 unspecified atom stereocenters. The monoisotopic (exact) mass is 1730 g/mol. The number of rotatable bonds is 19. The van der Waals surface area contributed by atoms with E-state index < -0.39 is 5.41 Å². The molecule has 0 heterocycles. The van der Waals surface area contributed by atoms with Crippen molar-refractivity contribution >= 4 is 0 Å². The number of benzene rings is 22. The fourth-order valence-electron chi connectivity index (χ4n) is 21.6.